The molecule has 7 atom stereocenters. The largest absolute Gasteiger partial charge is 0.481 e. The number of alkyl halides is 3. The molecule has 56 heavy (non-hydrogen) atoms. The molecule has 3 saturated carbocycles. The van der Waals surface area contributed by atoms with E-state index in [4.69, 9.17) is 14.0 Å². The van der Waals surface area contributed by atoms with E-state index in [0.717, 1.165) is 25.0 Å². The van der Waals surface area contributed by atoms with Crippen LogP contribution in [0.2, 0.25) is 0 Å². The zero-order valence-corrected chi connectivity index (χ0v) is 32.3. The Kier molecular flexibility index (Phi) is 10.1. The SMILES string of the molecule is CC[C@H](NC(=O)[C@@H]1C[C@](C)(CC(=O)Nc2ccc(C(=O)OC)cc2)c2ncc(NCc3cccc(C(F)(F)F)c3)c(=O)n21)B1O[C@@H]2C[C@@H]3C[C@@H](C3(C)C)[C@]2(C)O1. The molecule has 1 aromatic heterocycles. The van der Waals surface area contributed by atoms with Gasteiger partial charge in [-0.1, -0.05) is 39.8 Å². The molecule has 2 amide bonds. The highest BCUT2D eigenvalue weighted by atomic mass is 19.4. The molecule has 3 aromatic rings. The normalized spacial score (nSPS) is 27.7. The van der Waals surface area contributed by atoms with Crippen molar-refractivity contribution in [2.24, 2.45) is 17.3 Å². The van der Waals surface area contributed by atoms with Crippen LogP contribution in [0.3, 0.4) is 0 Å². The van der Waals surface area contributed by atoms with Crippen LogP contribution in [0.25, 0.3) is 0 Å². The Bertz CT molecular complexity index is 2090. The van der Waals surface area contributed by atoms with Crippen molar-refractivity contribution in [3.8, 4) is 0 Å². The Morgan fingerprint density at radius 1 is 1.09 bits per heavy atom. The van der Waals surface area contributed by atoms with Crippen molar-refractivity contribution >= 4 is 36.3 Å². The second kappa shape index (κ2) is 14.4. The van der Waals surface area contributed by atoms with E-state index in [1.165, 1.54) is 42.1 Å². The van der Waals surface area contributed by atoms with Gasteiger partial charge < -0.3 is 30.0 Å². The number of anilines is 2. The minimum absolute atomic E-state index is 0.0172. The molecule has 3 N–H and O–H groups in total. The number of hydrogen-bond donors (Lipinski definition) is 3. The number of fused-ring (bicyclic) bond motifs is 1. The number of aromatic nitrogens is 2. The van der Waals surface area contributed by atoms with Gasteiger partial charge in [-0.15, -0.1) is 0 Å². The minimum Gasteiger partial charge on any atom is -0.465 e. The molecule has 4 fully saturated rings. The van der Waals surface area contributed by atoms with E-state index >= 15 is 0 Å². The highest BCUT2D eigenvalue weighted by Crippen LogP contribution is 2.65. The van der Waals surface area contributed by atoms with Crippen LogP contribution >= 0.6 is 0 Å². The van der Waals surface area contributed by atoms with Crippen LogP contribution < -0.4 is 21.5 Å². The van der Waals surface area contributed by atoms with E-state index in [2.05, 4.69) is 41.7 Å². The summed E-state index contributed by atoms with van der Waals surface area (Å²) in [6, 6.07) is 9.85. The van der Waals surface area contributed by atoms with Crippen LogP contribution in [0.5, 0.6) is 0 Å². The molecular weight excluding hydrogens is 730 g/mol. The molecule has 0 spiro atoms. The minimum atomic E-state index is -4.54. The van der Waals surface area contributed by atoms with Gasteiger partial charge in [-0.05, 0) is 91.8 Å². The zero-order valence-electron chi connectivity index (χ0n) is 32.3. The molecule has 1 saturated heterocycles. The summed E-state index contributed by atoms with van der Waals surface area (Å²) in [6.45, 7) is 10.2. The number of methoxy groups -OCH3 is 1. The number of amides is 2. The summed E-state index contributed by atoms with van der Waals surface area (Å²) >= 11 is 0. The van der Waals surface area contributed by atoms with Gasteiger partial charge in [-0.2, -0.15) is 13.2 Å². The first-order chi connectivity index (χ1) is 26.4. The molecule has 0 unspecified atom stereocenters. The molecule has 2 aliphatic heterocycles. The number of halogens is 3. The number of esters is 1. The lowest BCUT2D eigenvalue weighted by Crippen LogP contribution is -2.65. The van der Waals surface area contributed by atoms with Gasteiger partial charge in [0.05, 0.1) is 42.1 Å². The summed E-state index contributed by atoms with van der Waals surface area (Å²) in [5.41, 5.74) is -1.87. The first kappa shape index (κ1) is 39.5. The van der Waals surface area contributed by atoms with Gasteiger partial charge in [0.1, 0.15) is 17.6 Å². The van der Waals surface area contributed by atoms with E-state index in [-0.39, 0.29) is 48.0 Å². The standard InChI is InChI=1S/C40H47BF3N5O7/c1-7-31(41-55-30-17-25-16-29(37(25,2)3)39(30,5)56-41)48-33(51)28-18-38(4,19-32(50)47-26-13-11-23(12-14-26)35(53)54-6)36-46-21-27(34(52)49(28)36)45-20-22-9-8-10-24(15-22)40(42,43)44/h8-15,21,25,28-31,45H,7,16-20H2,1-6H3,(H,47,50)(H,48,51)/t25-,28-,29-,30+,31-,38+,39-/m0/s1. The van der Waals surface area contributed by atoms with Crippen molar-refractivity contribution in [3.63, 3.8) is 0 Å². The van der Waals surface area contributed by atoms with Gasteiger partial charge >= 0.3 is 19.3 Å². The molecule has 12 nitrogen and oxygen atoms in total. The van der Waals surface area contributed by atoms with Crippen LogP contribution in [0.15, 0.2) is 59.5 Å². The predicted molar refractivity (Wildman–Crippen MR) is 202 cm³/mol. The fourth-order valence-corrected chi connectivity index (χ4v) is 9.43. The van der Waals surface area contributed by atoms with E-state index in [1.54, 1.807) is 19.1 Å². The molecule has 8 rings (SSSR count). The highest BCUT2D eigenvalue weighted by molar-refractivity contribution is 6.47. The number of rotatable bonds is 11. The lowest BCUT2D eigenvalue weighted by Gasteiger charge is -2.64. The average Bonchev–Trinajstić information content (AvgIpc) is 3.67. The lowest BCUT2D eigenvalue weighted by atomic mass is 9.43. The van der Waals surface area contributed by atoms with Gasteiger partial charge in [-0.3, -0.25) is 19.0 Å². The van der Waals surface area contributed by atoms with Gasteiger partial charge in [0.25, 0.3) is 5.56 Å². The molecule has 5 aliphatic rings. The second-order valence-electron chi connectivity index (χ2n) is 16.7. The van der Waals surface area contributed by atoms with Crippen LogP contribution in [0.4, 0.5) is 24.5 Å². The fraction of sp³-hybridized carbons (Fsp3) is 0.525. The number of nitrogens with zero attached hydrogens (tertiary/aromatic N) is 2. The smallest absolute Gasteiger partial charge is 0.465 e. The number of hydrogen-bond acceptors (Lipinski definition) is 9. The van der Waals surface area contributed by atoms with E-state index in [9.17, 15) is 32.3 Å². The molecule has 0 radical (unpaired) electrons. The maximum Gasteiger partial charge on any atom is 0.481 e. The van der Waals surface area contributed by atoms with Crippen molar-refractivity contribution in [1.29, 1.82) is 0 Å². The van der Waals surface area contributed by atoms with Gasteiger partial charge in [0.15, 0.2) is 0 Å². The Balaban J connectivity index is 1.14. The van der Waals surface area contributed by atoms with Gasteiger partial charge in [0.2, 0.25) is 11.8 Å². The summed E-state index contributed by atoms with van der Waals surface area (Å²) in [5.74, 6) is -0.870. The van der Waals surface area contributed by atoms with E-state index in [1.807, 2.05) is 6.92 Å². The van der Waals surface area contributed by atoms with E-state index < -0.39 is 65.2 Å². The molecular formula is C40H47BF3N5O7. The topological polar surface area (TPSA) is 150 Å². The van der Waals surface area contributed by atoms with Crippen LogP contribution in [0, 0.1) is 17.3 Å². The summed E-state index contributed by atoms with van der Waals surface area (Å²) in [6.07, 6.45) is -1.01. The van der Waals surface area contributed by atoms with Gasteiger partial charge in [0, 0.05) is 24.1 Å². The number of benzene rings is 2. The Morgan fingerprint density at radius 3 is 2.48 bits per heavy atom. The summed E-state index contributed by atoms with van der Waals surface area (Å²) in [4.78, 5) is 58.6. The Hall–Kier alpha value is -4.70. The Morgan fingerprint density at radius 2 is 1.82 bits per heavy atom. The first-order valence-corrected chi connectivity index (χ1v) is 19.0. The zero-order chi connectivity index (χ0) is 40.4. The van der Waals surface area contributed by atoms with Crippen molar-refractivity contribution in [2.75, 3.05) is 17.7 Å². The number of nitrogens with one attached hydrogen (secondary N) is 3. The third-order valence-corrected chi connectivity index (χ3v) is 12.7. The molecule has 3 aliphatic carbocycles. The van der Waals surface area contributed by atoms with Crippen molar-refractivity contribution in [3.05, 3.63) is 87.6 Å². The van der Waals surface area contributed by atoms with E-state index in [0.29, 0.717) is 29.5 Å². The van der Waals surface area contributed by atoms with Crippen LogP contribution in [-0.2, 0) is 41.8 Å². The van der Waals surface area contributed by atoms with Crippen molar-refractivity contribution in [1.82, 2.24) is 14.9 Å². The van der Waals surface area contributed by atoms with Crippen LogP contribution in [-0.4, -0.2) is 59.2 Å². The molecule has 298 valence electrons. The predicted octanol–water partition coefficient (Wildman–Crippen LogP) is 6.05. The molecule has 2 bridgehead atoms. The van der Waals surface area contributed by atoms with Crippen molar-refractivity contribution < 1.29 is 41.6 Å². The maximum atomic E-state index is 14.4. The quantitative estimate of drug-likeness (QED) is 0.156. The summed E-state index contributed by atoms with van der Waals surface area (Å²) in [5, 5.41) is 8.83. The third-order valence-electron chi connectivity index (χ3n) is 12.7. The number of carbonyl (C=O) groups is 3. The first-order valence-electron chi connectivity index (χ1n) is 19.0. The molecule has 3 heterocycles. The highest BCUT2D eigenvalue weighted by Gasteiger charge is 2.68. The maximum absolute atomic E-state index is 14.4. The molecule has 16 heteroatoms. The average molecular weight is 778 g/mol. The molecule has 2 aromatic carbocycles. The number of carbonyl (C=O) groups excluding carboxylic acids is 3. The lowest BCUT2D eigenvalue weighted by molar-refractivity contribution is -0.199. The third kappa shape index (κ3) is 6.99. The fourth-order valence-electron chi connectivity index (χ4n) is 9.43. The number of ether oxygens (including phenoxy) is 1. The second-order valence-corrected chi connectivity index (χ2v) is 16.7. The van der Waals surface area contributed by atoms with Crippen molar-refractivity contribution in [2.45, 2.75) is 109 Å². The van der Waals surface area contributed by atoms with Crippen LogP contribution in [0.1, 0.15) is 100 Å². The summed E-state index contributed by atoms with van der Waals surface area (Å²) < 4.78 is 59.3. The van der Waals surface area contributed by atoms with Gasteiger partial charge in [-0.25, -0.2) is 9.78 Å². The summed E-state index contributed by atoms with van der Waals surface area (Å²) in [7, 11) is 0.571. The Labute approximate surface area is 323 Å². The monoisotopic (exact) mass is 777 g/mol.